The van der Waals surface area contributed by atoms with Crippen LogP contribution in [0.4, 0.5) is 5.69 Å². The maximum atomic E-state index is 6.70. The topological polar surface area (TPSA) is 40.6 Å². The lowest BCUT2D eigenvalue weighted by Gasteiger charge is -2.41. The molecule has 2 heterocycles. The van der Waals surface area contributed by atoms with Crippen LogP contribution in [0.1, 0.15) is 83.4 Å². The van der Waals surface area contributed by atoms with Crippen LogP contribution in [-0.4, -0.2) is 38.8 Å². The highest BCUT2D eigenvalue weighted by atomic mass is 28.4. The van der Waals surface area contributed by atoms with E-state index in [1.165, 1.54) is 55.5 Å². The van der Waals surface area contributed by atoms with E-state index in [2.05, 4.69) is 61.9 Å². The third-order valence-corrected chi connectivity index (χ3v) is 11.4. The molecule has 0 aromatic carbocycles. The predicted octanol–water partition coefficient (Wildman–Crippen LogP) is 6.06. The van der Waals surface area contributed by atoms with Crippen molar-refractivity contribution < 1.29 is 4.43 Å². The lowest BCUT2D eigenvalue weighted by atomic mass is 9.83. The van der Waals surface area contributed by atoms with Gasteiger partial charge in [0, 0.05) is 25.1 Å². The lowest BCUT2D eigenvalue weighted by Crippen LogP contribution is -2.44. The van der Waals surface area contributed by atoms with Crippen molar-refractivity contribution in [2.75, 3.05) is 18.1 Å². The summed E-state index contributed by atoms with van der Waals surface area (Å²) >= 11 is 0. The molecule has 1 aromatic rings. The summed E-state index contributed by atoms with van der Waals surface area (Å²) in [7, 11) is -1.66. The van der Waals surface area contributed by atoms with Crippen LogP contribution in [0.2, 0.25) is 18.1 Å². The molecule has 152 valence electrons. The summed E-state index contributed by atoms with van der Waals surface area (Å²) in [4.78, 5) is 10.5. The summed E-state index contributed by atoms with van der Waals surface area (Å²) < 4.78 is 6.70. The molecular formula is C22H39N3OSi. The van der Waals surface area contributed by atoms with Gasteiger partial charge in [-0.1, -0.05) is 34.1 Å². The summed E-state index contributed by atoms with van der Waals surface area (Å²) in [6.45, 7) is 15.9. The normalized spacial score (nSPS) is 23.6. The van der Waals surface area contributed by atoms with Crippen LogP contribution in [0.15, 0.2) is 11.2 Å². The molecule has 5 heteroatoms. The van der Waals surface area contributed by atoms with Crippen LogP contribution in [-0.2, 0) is 4.43 Å². The number of hydrogen-bond acceptors (Lipinski definition) is 3. The number of fused-ring (bicyclic) bond motifs is 1. The standard InChI is InChI=1S/C22H39N3OSi/c1-7-8-13-25-16-23-15-20-21(25)19(14-24-20)17-9-11-18(12-10-17)26-27(5,6)22(2,3)4/h14-15,17-18,24H,7-13,16H2,1-6H3. The molecule has 1 aliphatic carbocycles. The minimum atomic E-state index is -1.66. The number of nitrogens with one attached hydrogen (secondary N) is 1. The van der Waals surface area contributed by atoms with Crippen molar-refractivity contribution in [3.8, 4) is 0 Å². The van der Waals surface area contributed by atoms with Gasteiger partial charge in [0.05, 0.1) is 11.4 Å². The molecule has 0 bridgehead atoms. The third kappa shape index (κ3) is 4.51. The van der Waals surface area contributed by atoms with E-state index in [1.54, 1.807) is 0 Å². The van der Waals surface area contributed by atoms with Crippen molar-refractivity contribution in [1.82, 2.24) is 4.98 Å². The van der Waals surface area contributed by atoms with Crippen LogP contribution in [0.5, 0.6) is 0 Å². The number of aromatic nitrogens is 1. The van der Waals surface area contributed by atoms with Crippen LogP contribution in [0, 0.1) is 0 Å². The van der Waals surface area contributed by atoms with Crippen molar-refractivity contribution in [2.24, 2.45) is 4.99 Å². The molecule has 27 heavy (non-hydrogen) atoms. The zero-order valence-electron chi connectivity index (χ0n) is 18.3. The van der Waals surface area contributed by atoms with Gasteiger partial charge in [0.2, 0.25) is 0 Å². The van der Waals surface area contributed by atoms with Crippen molar-refractivity contribution in [2.45, 2.75) is 96.4 Å². The number of hydrogen-bond donors (Lipinski definition) is 1. The molecule has 0 amide bonds. The van der Waals surface area contributed by atoms with E-state index in [0.717, 1.165) is 13.2 Å². The fourth-order valence-corrected chi connectivity index (χ4v) is 5.55. The molecule has 4 nitrogen and oxygen atoms in total. The van der Waals surface area contributed by atoms with E-state index in [9.17, 15) is 0 Å². The molecule has 0 atom stereocenters. The monoisotopic (exact) mass is 389 g/mol. The van der Waals surface area contributed by atoms with Crippen LogP contribution >= 0.6 is 0 Å². The maximum absolute atomic E-state index is 6.70. The Hall–Kier alpha value is -1.07. The summed E-state index contributed by atoms with van der Waals surface area (Å²) in [5.74, 6) is 0.653. The Labute approximate surface area is 166 Å². The summed E-state index contributed by atoms with van der Waals surface area (Å²) in [6, 6.07) is 0. The Morgan fingerprint density at radius 3 is 2.56 bits per heavy atom. The lowest BCUT2D eigenvalue weighted by molar-refractivity contribution is 0.130. The van der Waals surface area contributed by atoms with E-state index in [-0.39, 0.29) is 0 Å². The quantitative estimate of drug-likeness (QED) is 0.601. The third-order valence-electron chi connectivity index (χ3n) is 6.86. The molecule has 0 radical (unpaired) electrons. The van der Waals surface area contributed by atoms with Gasteiger partial charge in [0.1, 0.15) is 6.67 Å². The van der Waals surface area contributed by atoms with Crippen molar-refractivity contribution in [1.29, 1.82) is 0 Å². The van der Waals surface area contributed by atoms with E-state index in [4.69, 9.17) is 4.43 Å². The highest BCUT2D eigenvalue weighted by Gasteiger charge is 2.40. The number of aromatic amines is 1. The van der Waals surface area contributed by atoms with Crippen molar-refractivity contribution in [3.63, 3.8) is 0 Å². The molecule has 1 fully saturated rings. The molecule has 1 aromatic heterocycles. The number of anilines is 1. The van der Waals surface area contributed by atoms with Crippen LogP contribution in [0.3, 0.4) is 0 Å². The first-order valence-corrected chi connectivity index (χ1v) is 13.8. The number of unbranched alkanes of at least 4 members (excludes halogenated alkanes) is 1. The number of rotatable bonds is 6. The maximum Gasteiger partial charge on any atom is 0.192 e. The van der Waals surface area contributed by atoms with E-state index in [1.807, 2.05) is 6.21 Å². The number of aliphatic imine (C=N–C) groups is 1. The van der Waals surface area contributed by atoms with Crippen LogP contribution < -0.4 is 4.90 Å². The molecule has 1 N–H and O–H groups in total. The minimum Gasteiger partial charge on any atom is -0.414 e. The van der Waals surface area contributed by atoms with E-state index in [0.29, 0.717) is 17.1 Å². The molecule has 3 rings (SSSR count). The van der Waals surface area contributed by atoms with E-state index < -0.39 is 8.32 Å². The van der Waals surface area contributed by atoms with Gasteiger partial charge >= 0.3 is 0 Å². The molecule has 1 saturated carbocycles. The second-order valence-corrected chi connectivity index (χ2v) is 14.7. The van der Waals surface area contributed by atoms with Gasteiger partial charge in [-0.25, -0.2) is 0 Å². The molecular weight excluding hydrogens is 350 g/mol. The first kappa shape index (κ1) is 20.7. The van der Waals surface area contributed by atoms with Gasteiger partial charge in [-0.05, 0) is 61.7 Å². The first-order valence-electron chi connectivity index (χ1n) is 10.9. The van der Waals surface area contributed by atoms with Gasteiger partial charge in [-0.15, -0.1) is 0 Å². The van der Waals surface area contributed by atoms with Crippen molar-refractivity contribution in [3.05, 3.63) is 17.5 Å². The summed E-state index contributed by atoms with van der Waals surface area (Å²) in [5, 5.41) is 0.294. The zero-order valence-corrected chi connectivity index (χ0v) is 19.3. The Kier molecular flexibility index (Phi) is 6.21. The Balaban J connectivity index is 1.66. The fourth-order valence-electron chi connectivity index (χ4n) is 4.13. The fraction of sp³-hybridized carbons (Fsp3) is 0.773. The number of H-pyrrole nitrogens is 1. The predicted molar refractivity (Wildman–Crippen MR) is 119 cm³/mol. The first-order chi connectivity index (χ1) is 12.7. The molecule has 0 saturated heterocycles. The minimum absolute atomic E-state index is 0.294. The Morgan fingerprint density at radius 2 is 1.93 bits per heavy atom. The summed E-state index contributed by atoms with van der Waals surface area (Å²) in [6.07, 6.45) is 12.0. The Bertz CT molecular complexity index is 651. The van der Waals surface area contributed by atoms with E-state index >= 15 is 0 Å². The highest BCUT2D eigenvalue weighted by molar-refractivity contribution is 6.74. The van der Waals surface area contributed by atoms with Gasteiger partial charge in [0.15, 0.2) is 8.32 Å². The van der Waals surface area contributed by atoms with Gasteiger partial charge in [0.25, 0.3) is 0 Å². The Morgan fingerprint density at radius 1 is 1.22 bits per heavy atom. The second kappa shape index (κ2) is 8.12. The molecule has 2 aliphatic rings. The SMILES string of the molecule is CCCCN1CN=Cc2[nH]cc(C3CCC(O[Si](C)(C)C(C)(C)C)CC3)c21. The average Bonchev–Trinajstić information content (AvgIpc) is 3.04. The molecule has 1 aliphatic heterocycles. The smallest absolute Gasteiger partial charge is 0.192 e. The van der Waals surface area contributed by atoms with Gasteiger partial charge in [-0.3, -0.25) is 4.99 Å². The largest absolute Gasteiger partial charge is 0.414 e. The van der Waals surface area contributed by atoms with Gasteiger partial charge < -0.3 is 14.3 Å². The summed E-state index contributed by atoms with van der Waals surface area (Å²) in [5.41, 5.74) is 4.14. The van der Waals surface area contributed by atoms with Crippen LogP contribution in [0.25, 0.3) is 0 Å². The second-order valence-electron chi connectivity index (χ2n) is 9.93. The molecule has 0 spiro atoms. The van der Waals surface area contributed by atoms with Crippen molar-refractivity contribution >= 4 is 20.2 Å². The average molecular weight is 390 g/mol. The zero-order chi connectivity index (χ0) is 19.7. The molecule has 0 unspecified atom stereocenters. The number of nitrogens with zero attached hydrogens (tertiary/aromatic N) is 2. The van der Waals surface area contributed by atoms with Gasteiger partial charge in [-0.2, -0.15) is 0 Å². The highest BCUT2D eigenvalue weighted by Crippen LogP contribution is 2.43.